The molecular formula is C17H16F3N3O2. The Labute approximate surface area is 142 Å². The van der Waals surface area contributed by atoms with E-state index in [1.54, 1.807) is 12.1 Å². The Kier molecular flexibility index (Phi) is 4.78. The summed E-state index contributed by atoms with van der Waals surface area (Å²) in [5, 5.41) is 0. The number of benzene rings is 1. The molecule has 0 bridgehead atoms. The van der Waals surface area contributed by atoms with Crippen molar-refractivity contribution in [2.24, 2.45) is 11.7 Å². The highest BCUT2D eigenvalue weighted by molar-refractivity contribution is 5.49. The molecule has 0 amide bonds. The van der Waals surface area contributed by atoms with Crippen LogP contribution < -0.4 is 15.2 Å². The second kappa shape index (κ2) is 7.00. The summed E-state index contributed by atoms with van der Waals surface area (Å²) in [7, 11) is 0. The minimum atomic E-state index is -4.53. The van der Waals surface area contributed by atoms with Crippen LogP contribution in [0.1, 0.15) is 17.7 Å². The molecule has 1 atom stereocenters. The molecular weight excluding hydrogens is 335 g/mol. The van der Waals surface area contributed by atoms with Gasteiger partial charge in [-0.15, -0.1) is 0 Å². The van der Waals surface area contributed by atoms with Gasteiger partial charge in [0, 0.05) is 5.92 Å². The van der Waals surface area contributed by atoms with Crippen molar-refractivity contribution in [1.82, 2.24) is 9.97 Å². The molecule has 3 rings (SSSR count). The van der Waals surface area contributed by atoms with E-state index in [4.69, 9.17) is 15.2 Å². The molecule has 2 aromatic rings. The number of para-hydroxylation sites is 1. The summed E-state index contributed by atoms with van der Waals surface area (Å²) in [6.45, 7) is 0.510. The zero-order valence-electron chi connectivity index (χ0n) is 13.2. The molecule has 1 aromatic heterocycles. The maximum atomic E-state index is 12.5. The highest BCUT2D eigenvalue weighted by Crippen LogP contribution is 2.39. The number of aromatic nitrogens is 2. The first-order valence-electron chi connectivity index (χ1n) is 7.66. The maximum Gasteiger partial charge on any atom is 0.434 e. The van der Waals surface area contributed by atoms with Gasteiger partial charge in [-0.2, -0.15) is 13.2 Å². The lowest BCUT2D eigenvalue weighted by molar-refractivity contribution is -0.141. The third-order valence-electron chi connectivity index (χ3n) is 3.77. The van der Waals surface area contributed by atoms with Gasteiger partial charge in [0.15, 0.2) is 17.2 Å². The number of ether oxygens (including phenoxy) is 2. The summed E-state index contributed by atoms with van der Waals surface area (Å²) in [4.78, 5) is 6.99. The highest BCUT2D eigenvalue weighted by atomic mass is 19.4. The summed E-state index contributed by atoms with van der Waals surface area (Å²) in [6, 6.07) is 5.41. The van der Waals surface area contributed by atoms with Crippen LogP contribution in [-0.2, 0) is 12.6 Å². The van der Waals surface area contributed by atoms with Gasteiger partial charge in [0.05, 0.1) is 19.0 Å². The number of nitrogens with zero attached hydrogens (tertiary/aromatic N) is 2. The van der Waals surface area contributed by atoms with E-state index in [1.807, 2.05) is 12.1 Å². The lowest BCUT2D eigenvalue weighted by Crippen LogP contribution is -2.20. The molecule has 8 heteroatoms. The van der Waals surface area contributed by atoms with Crippen molar-refractivity contribution >= 4 is 0 Å². The molecule has 0 fully saturated rings. The molecule has 0 radical (unpaired) electrons. The maximum absolute atomic E-state index is 12.5. The van der Waals surface area contributed by atoms with Gasteiger partial charge >= 0.3 is 6.18 Å². The third-order valence-corrected chi connectivity index (χ3v) is 3.77. The molecule has 5 nitrogen and oxygen atoms in total. The van der Waals surface area contributed by atoms with Gasteiger partial charge in [0.2, 0.25) is 5.88 Å². The number of alkyl halides is 3. The van der Waals surface area contributed by atoms with Crippen LogP contribution in [0.25, 0.3) is 0 Å². The predicted octanol–water partition coefficient (Wildman–Crippen LogP) is 3.70. The molecule has 25 heavy (non-hydrogen) atoms. The molecule has 132 valence electrons. The first kappa shape index (κ1) is 17.1. The first-order chi connectivity index (χ1) is 12.0. The van der Waals surface area contributed by atoms with Gasteiger partial charge in [-0.3, -0.25) is 0 Å². The number of nitrogens with two attached hydrogens (primary N) is 1. The summed E-state index contributed by atoms with van der Waals surface area (Å²) in [5.41, 5.74) is 5.27. The molecule has 0 saturated heterocycles. The molecule has 0 aliphatic carbocycles. The van der Waals surface area contributed by atoms with Gasteiger partial charge in [0.1, 0.15) is 0 Å². The summed E-state index contributed by atoms with van der Waals surface area (Å²) in [5.74, 6) is 1.27. The Balaban J connectivity index is 1.76. The fourth-order valence-corrected chi connectivity index (χ4v) is 2.59. The number of allylic oxidation sites excluding steroid dienone is 1. The van der Waals surface area contributed by atoms with Crippen LogP contribution in [0.15, 0.2) is 42.9 Å². The van der Waals surface area contributed by atoms with Crippen LogP contribution in [0.2, 0.25) is 0 Å². The van der Waals surface area contributed by atoms with E-state index in [-0.39, 0.29) is 5.88 Å². The summed E-state index contributed by atoms with van der Waals surface area (Å²) in [6.07, 6.45) is 2.06. The fraction of sp³-hybridized carbons (Fsp3) is 0.294. The average molecular weight is 351 g/mol. The van der Waals surface area contributed by atoms with Crippen molar-refractivity contribution in [3.8, 4) is 17.4 Å². The van der Waals surface area contributed by atoms with E-state index in [0.717, 1.165) is 24.6 Å². The largest absolute Gasteiger partial charge is 0.489 e. The van der Waals surface area contributed by atoms with Crippen LogP contribution in [0.4, 0.5) is 13.2 Å². The van der Waals surface area contributed by atoms with E-state index in [0.29, 0.717) is 30.2 Å². The highest BCUT2D eigenvalue weighted by Gasteiger charge is 2.33. The van der Waals surface area contributed by atoms with Crippen molar-refractivity contribution in [2.45, 2.75) is 19.0 Å². The van der Waals surface area contributed by atoms with Gasteiger partial charge in [-0.1, -0.05) is 18.2 Å². The van der Waals surface area contributed by atoms with E-state index < -0.39 is 11.9 Å². The van der Waals surface area contributed by atoms with E-state index >= 15 is 0 Å². The quantitative estimate of drug-likeness (QED) is 0.909. The summed E-state index contributed by atoms with van der Waals surface area (Å²) < 4.78 is 48.9. The van der Waals surface area contributed by atoms with Crippen molar-refractivity contribution in [1.29, 1.82) is 0 Å². The number of hydrogen-bond acceptors (Lipinski definition) is 5. The van der Waals surface area contributed by atoms with E-state index in [9.17, 15) is 13.2 Å². The molecule has 1 unspecified atom stereocenters. The zero-order valence-corrected chi connectivity index (χ0v) is 13.2. The monoisotopic (exact) mass is 351 g/mol. The second-order valence-electron chi connectivity index (χ2n) is 5.63. The average Bonchev–Trinajstić information content (AvgIpc) is 2.59. The number of halogens is 3. The molecule has 0 saturated carbocycles. The number of rotatable bonds is 4. The van der Waals surface area contributed by atoms with Crippen molar-refractivity contribution in [3.63, 3.8) is 0 Å². The Morgan fingerprint density at radius 3 is 2.80 bits per heavy atom. The zero-order chi connectivity index (χ0) is 17.9. The minimum absolute atomic E-state index is 0.0295. The SMILES string of the molecule is NC=CCC1COc2c(cccc2Oc2cnc(C(F)(F)F)cn2)C1. The Morgan fingerprint density at radius 1 is 1.28 bits per heavy atom. The fourth-order valence-electron chi connectivity index (χ4n) is 2.59. The van der Waals surface area contributed by atoms with Crippen molar-refractivity contribution < 1.29 is 22.6 Å². The lowest BCUT2D eigenvalue weighted by Gasteiger charge is -2.25. The molecule has 0 spiro atoms. The molecule has 2 N–H and O–H groups in total. The topological polar surface area (TPSA) is 70.3 Å². The third kappa shape index (κ3) is 4.01. The van der Waals surface area contributed by atoms with Crippen LogP contribution >= 0.6 is 0 Å². The van der Waals surface area contributed by atoms with Crippen LogP contribution in [0.3, 0.4) is 0 Å². The summed E-state index contributed by atoms with van der Waals surface area (Å²) >= 11 is 0. The van der Waals surface area contributed by atoms with Gasteiger partial charge in [-0.05, 0) is 30.7 Å². The van der Waals surface area contributed by atoms with Crippen LogP contribution in [-0.4, -0.2) is 16.6 Å². The molecule has 1 aliphatic heterocycles. The van der Waals surface area contributed by atoms with Crippen LogP contribution in [0.5, 0.6) is 17.4 Å². The lowest BCUT2D eigenvalue weighted by atomic mass is 9.94. The molecule has 1 aromatic carbocycles. The molecule has 2 heterocycles. The second-order valence-corrected chi connectivity index (χ2v) is 5.63. The Hall–Kier alpha value is -2.77. The van der Waals surface area contributed by atoms with E-state index in [2.05, 4.69) is 9.97 Å². The number of hydrogen-bond donors (Lipinski definition) is 1. The Bertz CT molecular complexity index is 761. The normalized spacial score (nSPS) is 17.2. The number of fused-ring (bicyclic) bond motifs is 1. The Morgan fingerprint density at radius 2 is 2.12 bits per heavy atom. The van der Waals surface area contributed by atoms with E-state index in [1.165, 1.54) is 6.20 Å². The van der Waals surface area contributed by atoms with Crippen molar-refractivity contribution in [3.05, 3.63) is 54.1 Å². The standard InChI is InChI=1S/C17H16F3N3O2/c18-17(19,20)14-8-23-15(9-22-14)25-13-5-1-4-12-7-11(3-2-6-21)10-24-16(12)13/h1-2,4-6,8-9,11H,3,7,10,21H2. The van der Waals surface area contributed by atoms with Gasteiger partial charge < -0.3 is 15.2 Å². The first-order valence-corrected chi connectivity index (χ1v) is 7.66. The smallest absolute Gasteiger partial charge is 0.434 e. The molecule has 1 aliphatic rings. The minimum Gasteiger partial charge on any atom is -0.489 e. The predicted molar refractivity (Wildman–Crippen MR) is 84.2 cm³/mol. The van der Waals surface area contributed by atoms with Crippen LogP contribution in [0, 0.1) is 5.92 Å². The van der Waals surface area contributed by atoms with Gasteiger partial charge in [-0.25, -0.2) is 9.97 Å². The van der Waals surface area contributed by atoms with Crippen molar-refractivity contribution in [2.75, 3.05) is 6.61 Å². The van der Waals surface area contributed by atoms with Gasteiger partial charge in [0.25, 0.3) is 0 Å².